The Kier molecular flexibility index (Phi) is 3.68. The number of thiazole rings is 1. The highest BCUT2D eigenvalue weighted by molar-refractivity contribution is 7.15. The summed E-state index contributed by atoms with van der Waals surface area (Å²) in [6.07, 6.45) is 8.69. The molecule has 4 heterocycles. The van der Waals surface area contributed by atoms with Crippen LogP contribution in [0.15, 0.2) is 35.0 Å². The molecule has 1 unspecified atom stereocenters. The predicted molar refractivity (Wildman–Crippen MR) is 90.5 cm³/mol. The Morgan fingerprint density at radius 1 is 1.33 bits per heavy atom. The summed E-state index contributed by atoms with van der Waals surface area (Å²) in [6, 6.07) is 0.200. The van der Waals surface area contributed by atoms with Crippen molar-refractivity contribution < 1.29 is 4.79 Å². The van der Waals surface area contributed by atoms with E-state index < -0.39 is 0 Å². The summed E-state index contributed by atoms with van der Waals surface area (Å²) in [5.74, 6) is 0.700. The van der Waals surface area contributed by atoms with Crippen molar-refractivity contribution in [1.82, 2.24) is 23.8 Å². The van der Waals surface area contributed by atoms with Crippen molar-refractivity contribution in [1.29, 1.82) is 0 Å². The van der Waals surface area contributed by atoms with Crippen LogP contribution in [0.2, 0.25) is 0 Å². The molecule has 4 rings (SSSR count). The average Bonchev–Trinajstić information content (AvgIpc) is 3.24. The molecule has 7 nitrogen and oxygen atoms in total. The van der Waals surface area contributed by atoms with E-state index in [1.165, 1.54) is 21.9 Å². The molecule has 1 amide bonds. The molecule has 1 fully saturated rings. The Balaban J connectivity index is 1.62. The lowest BCUT2D eigenvalue weighted by Gasteiger charge is -2.33. The van der Waals surface area contributed by atoms with E-state index in [1.807, 2.05) is 13.1 Å². The van der Waals surface area contributed by atoms with Crippen LogP contribution in [0, 0.1) is 6.92 Å². The fourth-order valence-corrected chi connectivity index (χ4v) is 3.96. The van der Waals surface area contributed by atoms with Crippen molar-refractivity contribution in [3.63, 3.8) is 0 Å². The molecule has 1 aliphatic heterocycles. The number of nitrogens with zero attached hydrogens (tertiary/aromatic N) is 5. The van der Waals surface area contributed by atoms with Crippen molar-refractivity contribution in [2.75, 3.05) is 13.1 Å². The second-order valence-corrected chi connectivity index (χ2v) is 6.83. The summed E-state index contributed by atoms with van der Waals surface area (Å²) >= 11 is 1.37. The van der Waals surface area contributed by atoms with Crippen LogP contribution in [0.3, 0.4) is 0 Å². The fraction of sp³-hybridized carbons (Fsp3) is 0.375. The number of imidazole rings is 1. The normalized spacial score (nSPS) is 18.2. The number of rotatable bonds is 2. The molecule has 124 valence electrons. The van der Waals surface area contributed by atoms with Gasteiger partial charge in [-0.05, 0) is 19.8 Å². The molecule has 0 aromatic carbocycles. The molecular weight excluding hydrogens is 326 g/mol. The lowest BCUT2D eigenvalue weighted by molar-refractivity contribution is 0.0676. The van der Waals surface area contributed by atoms with Crippen LogP contribution in [-0.2, 0) is 0 Å². The van der Waals surface area contributed by atoms with Gasteiger partial charge in [0.05, 0.1) is 6.04 Å². The Bertz CT molecular complexity index is 957. The minimum atomic E-state index is -0.299. The third-order valence-electron chi connectivity index (χ3n) is 4.51. The molecule has 3 aromatic rings. The summed E-state index contributed by atoms with van der Waals surface area (Å²) in [7, 11) is 0. The van der Waals surface area contributed by atoms with E-state index in [0.29, 0.717) is 18.1 Å². The highest BCUT2D eigenvalue weighted by Gasteiger charge is 2.28. The predicted octanol–water partition coefficient (Wildman–Crippen LogP) is 1.74. The lowest BCUT2D eigenvalue weighted by Crippen LogP contribution is -2.42. The molecule has 3 aromatic heterocycles. The van der Waals surface area contributed by atoms with Gasteiger partial charge in [-0.15, -0.1) is 11.3 Å². The molecule has 0 aliphatic carbocycles. The topological polar surface area (TPSA) is 72.5 Å². The van der Waals surface area contributed by atoms with E-state index in [2.05, 4.69) is 14.5 Å². The molecule has 0 bridgehead atoms. The fourth-order valence-electron chi connectivity index (χ4n) is 3.28. The molecule has 1 aliphatic rings. The SMILES string of the molecule is Cc1nccn1C1CCCN(C(=O)c2cnc3sccn3c2=O)C1. The highest BCUT2D eigenvalue weighted by atomic mass is 32.1. The largest absolute Gasteiger partial charge is 0.336 e. The van der Waals surface area contributed by atoms with E-state index in [4.69, 9.17) is 0 Å². The first kappa shape index (κ1) is 15.1. The van der Waals surface area contributed by atoms with Gasteiger partial charge in [-0.1, -0.05) is 0 Å². The maximum Gasteiger partial charge on any atom is 0.271 e. The smallest absolute Gasteiger partial charge is 0.271 e. The van der Waals surface area contributed by atoms with Crippen LogP contribution in [0.4, 0.5) is 0 Å². The van der Waals surface area contributed by atoms with Gasteiger partial charge in [0, 0.05) is 43.3 Å². The van der Waals surface area contributed by atoms with Crippen molar-refractivity contribution in [2.45, 2.75) is 25.8 Å². The first-order valence-corrected chi connectivity index (χ1v) is 8.76. The number of likely N-dealkylation sites (tertiary alicyclic amines) is 1. The zero-order valence-electron chi connectivity index (χ0n) is 13.3. The number of carbonyl (C=O) groups is 1. The third kappa shape index (κ3) is 2.43. The number of carbonyl (C=O) groups excluding carboxylic acids is 1. The van der Waals surface area contributed by atoms with Gasteiger partial charge in [0.25, 0.3) is 11.5 Å². The quantitative estimate of drug-likeness (QED) is 0.710. The number of hydrogen-bond donors (Lipinski definition) is 0. The van der Waals surface area contributed by atoms with Gasteiger partial charge in [-0.25, -0.2) is 9.97 Å². The summed E-state index contributed by atoms with van der Waals surface area (Å²) < 4.78 is 3.53. The van der Waals surface area contributed by atoms with Crippen LogP contribution in [0.1, 0.15) is 35.1 Å². The Hall–Kier alpha value is -2.48. The van der Waals surface area contributed by atoms with E-state index in [1.54, 1.807) is 22.7 Å². The number of aryl methyl sites for hydroxylation is 1. The first-order chi connectivity index (χ1) is 11.6. The minimum absolute atomic E-state index is 0.133. The van der Waals surface area contributed by atoms with Crippen molar-refractivity contribution in [3.8, 4) is 0 Å². The van der Waals surface area contributed by atoms with Crippen LogP contribution in [0.5, 0.6) is 0 Å². The van der Waals surface area contributed by atoms with E-state index in [9.17, 15) is 9.59 Å². The first-order valence-electron chi connectivity index (χ1n) is 7.89. The molecule has 24 heavy (non-hydrogen) atoms. The van der Waals surface area contributed by atoms with Gasteiger partial charge < -0.3 is 9.47 Å². The number of fused-ring (bicyclic) bond motifs is 1. The Labute approximate surface area is 142 Å². The van der Waals surface area contributed by atoms with E-state index in [0.717, 1.165) is 18.7 Å². The molecule has 0 saturated carbocycles. The molecule has 0 radical (unpaired) electrons. The minimum Gasteiger partial charge on any atom is -0.336 e. The van der Waals surface area contributed by atoms with E-state index >= 15 is 0 Å². The van der Waals surface area contributed by atoms with Crippen LogP contribution in [-0.4, -0.2) is 42.8 Å². The van der Waals surface area contributed by atoms with Gasteiger partial charge in [0.2, 0.25) is 0 Å². The number of hydrogen-bond acceptors (Lipinski definition) is 5. The molecule has 1 atom stereocenters. The van der Waals surface area contributed by atoms with E-state index in [-0.39, 0.29) is 23.1 Å². The zero-order valence-corrected chi connectivity index (χ0v) is 14.1. The maximum absolute atomic E-state index is 12.8. The number of aromatic nitrogens is 4. The molecule has 8 heteroatoms. The van der Waals surface area contributed by atoms with Crippen molar-refractivity contribution in [3.05, 3.63) is 51.9 Å². The van der Waals surface area contributed by atoms with Crippen LogP contribution >= 0.6 is 11.3 Å². The highest BCUT2D eigenvalue weighted by Crippen LogP contribution is 2.23. The zero-order chi connectivity index (χ0) is 16.7. The Morgan fingerprint density at radius 2 is 2.21 bits per heavy atom. The van der Waals surface area contributed by atoms with Gasteiger partial charge >= 0.3 is 0 Å². The molecule has 0 N–H and O–H groups in total. The maximum atomic E-state index is 12.8. The van der Waals surface area contributed by atoms with Crippen LogP contribution < -0.4 is 5.56 Å². The van der Waals surface area contributed by atoms with Crippen molar-refractivity contribution in [2.24, 2.45) is 0 Å². The van der Waals surface area contributed by atoms with Gasteiger partial charge in [0.1, 0.15) is 11.4 Å². The summed E-state index contributed by atoms with van der Waals surface area (Å²) in [6.45, 7) is 3.21. The molecule has 0 spiro atoms. The summed E-state index contributed by atoms with van der Waals surface area (Å²) in [4.78, 5) is 36.2. The standard InChI is InChI=1S/C16H17N5O2S/c1-11-17-4-6-20(11)12-3-2-5-19(10-12)14(22)13-9-18-16-21(15(13)23)7-8-24-16/h4,6-9,12H,2-3,5,10H2,1H3. The van der Waals surface area contributed by atoms with Crippen LogP contribution in [0.25, 0.3) is 4.96 Å². The monoisotopic (exact) mass is 343 g/mol. The third-order valence-corrected chi connectivity index (χ3v) is 5.28. The molecule has 1 saturated heterocycles. The Morgan fingerprint density at radius 3 is 3.00 bits per heavy atom. The number of piperidine rings is 1. The second-order valence-electron chi connectivity index (χ2n) is 5.96. The second kappa shape index (κ2) is 5.86. The average molecular weight is 343 g/mol. The van der Waals surface area contributed by atoms with Gasteiger partial charge in [-0.3, -0.25) is 14.0 Å². The summed E-state index contributed by atoms with van der Waals surface area (Å²) in [5.41, 5.74) is -0.166. The van der Waals surface area contributed by atoms with Crippen molar-refractivity contribution >= 4 is 22.2 Å². The molecular formula is C16H17N5O2S. The lowest BCUT2D eigenvalue weighted by atomic mass is 10.0. The number of amides is 1. The van der Waals surface area contributed by atoms with Gasteiger partial charge in [-0.2, -0.15) is 0 Å². The summed E-state index contributed by atoms with van der Waals surface area (Å²) in [5, 5.41) is 1.79. The van der Waals surface area contributed by atoms with Gasteiger partial charge in [0.15, 0.2) is 4.96 Å².